The minimum absolute atomic E-state index is 0.588. The summed E-state index contributed by atoms with van der Waals surface area (Å²) in [7, 11) is 0. The van der Waals surface area contributed by atoms with E-state index in [9.17, 15) is 13.2 Å². The quantitative estimate of drug-likeness (QED) is 0.199. The number of rotatable bonds is 4. The van der Waals surface area contributed by atoms with Crippen LogP contribution in [0.5, 0.6) is 0 Å². The van der Waals surface area contributed by atoms with Crippen LogP contribution < -0.4 is 4.90 Å². The minimum atomic E-state index is -4.39. The second kappa shape index (κ2) is 11.9. The zero-order valence-electron chi connectivity index (χ0n) is 24.6. The molecule has 0 saturated heterocycles. The van der Waals surface area contributed by atoms with Crippen molar-refractivity contribution in [3.63, 3.8) is 0 Å². The molecule has 0 saturated carbocycles. The summed E-state index contributed by atoms with van der Waals surface area (Å²) < 4.78 is 40.1. The third-order valence-corrected chi connectivity index (χ3v) is 8.18. The second-order valence-corrected chi connectivity index (χ2v) is 10.4. The summed E-state index contributed by atoms with van der Waals surface area (Å²) >= 11 is 0. The maximum absolute atomic E-state index is 13.4. The van der Waals surface area contributed by atoms with Crippen molar-refractivity contribution in [2.45, 2.75) is 25.4 Å². The van der Waals surface area contributed by atoms with Crippen molar-refractivity contribution in [1.82, 2.24) is 0 Å². The summed E-state index contributed by atoms with van der Waals surface area (Å²) in [6, 6.07) is 51.4. The van der Waals surface area contributed by atoms with Crippen molar-refractivity contribution in [3.05, 3.63) is 186 Å². The maximum atomic E-state index is 13.4. The van der Waals surface area contributed by atoms with Crippen LogP contribution >= 0.6 is 0 Å². The Hall–Kier alpha value is -5.09. The number of benzene rings is 6. The van der Waals surface area contributed by atoms with Crippen LogP contribution in [0.25, 0.3) is 11.1 Å². The summed E-state index contributed by atoms with van der Waals surface area (Å²) in [5.41, 5.74) is 7.82. The molecule has 0 radical (unpaired) electrons. The fourth-order valence-corrected chi connectivity index (χ4v) is 6.42. The average Bonchev–Trinajstić information content (AvgIpc) is 3.08. The number of alkyl halides is 3. The lowest BCUT2D eigenvalue weighted by molar-refractivity contribution is -0.137. The Balaban J connectivity index is 0.00000168. The van der Waals surface area contributed by atoms with Gasteiger partial charge in [-0.15, -0.1) is 0 Å². The first kappa shape index (κ1) is 29.0. The third kappa shape index (κ3) is 4.77. The van der Waals surface area contributed by atoms with E-state index >= 15 is 0 Å². The van der Waals surface area contributed by atoms with E-state index in [0.717, 1.165) is 62.6 Å². The van der Waals surface area contributed by atoms with Gasteiger partial charge >= 0.3 is 6.18 Å². The molecular weight excluding hydrogens is 551 g/mol. The van der Waals surface area contributed by atoms with E-state index in [4.69, 9.17) is 0 Å². The summed E-state index contributed by atoms with van der Waals surface area (Å²) in [4.78, 5) is 2.25. The predicted octanol–water partition coefficient (Wildman–Crippen LogP) is 11.6. The van der Waals surface area contributed by atoms with Crippen molar-refractivity contribution in [3.8, 4) is 11.1 Å². The Labute approximate surface area is 256 Å². The van der Waals surface area contributed by atoms with Crippen LogP contribution in [0.2, 0.25) is 0 Å². The molecule has 0 N–H and O–H groups in total. The number of nitrogens with zero attached hydrogens (tertiary/aromatic N) is 1. The maximum Gasteiger partial charge on any atom is 0.416 e. The Morgan fingerprint density at radius 3 is 1.34 bits per heavy atom. The van der Waals surface area contributed by atoms with Crippen LogP contribution in [-0.2, 0) is 11.6 Å². The largest absolute Gasteiger partial charge is 0.416 e. The van der Waals surface area contributed by atoms with Crippen LogP contribution in [0.1, 0.15) is 41.7 Å². The van der Waals surface area contributed by atoms with E-state index in [-0.39, 0.29) is 0 Å². The molecule has 1 nitrogen and oxygen atoms in total. The molecule has 0 unspecified atom stereocenters. The molecule has 0 fully saturated rings. The zero-order valence-corrected chi connectivity index (χ0v) is 24.6. The molecule has 0 bridgehead atoms. The van der Waals surface area contributed by atoms with Crippen LogP contribution in [-0.4, -0.2) is 0 Å². The van der Waals surface area contributed by atoms with Crippen molar-refractivity contribution in [2.24, 2.45) is 0 Å². The van der Waals surface area contributed by atoms with Gasteiger partial charge in [-0.2, -0.15) is 13.2 Å². The highest BCUT2D eigenvalue weighted by Crippen LogP contribution is 2.58. The van der Waals surface area contributed by atoms with Crippen molar-refractivity contribution < 1.29 is 13.2 Å². The summed E-state index contributed by atoms with van der Waals surface area (Å²) in [6.45, 7) is 4.00. The Bertz CT molecular complexity index is 1770. The van der Waals surface area contributed by atoms with Crippen LogP contribution in [0.4, 0.5) is 30.2 Å². The van der Waals surface area contributed by atoms with E-state index < -0.39 is 17.2 Å². The van der Waals surface area contributed by atoms with Gasteiger partial charge < -0.3 is 4.90 Å². The number of hydrogen-bond donors (Lipinski definition) is 0. The van der Waals surface area contributed by atoms with Gasteiger partial charge in [0.1, 0.15) is 0 Å². The van der Waals surface area contributed by atoms with Crippen LogP contribution in [0.3, 0.4) is 0 Å². The van der Waals surface area contributed by atoms with Crippen molar-refractivity contribution in [2.75, 3.05) is 4.90 Å². The second-order valence-electron chi connectivity index (χ2n) is 10.4. The first-order chi connectivity index (χ1) is 21.5. The van der Waals surface area contributed by atoms with E-state index in [1.54, 1.807) is 12.1 Å². The zero-order chi connectivity index (χ0) is 30.7. The van der Waals surface area contributed by atoms with Gasteiger partial charge in [0.15, 0.2) is 0 Å². The minimum Gasteiger partial charge on any atom is -0.309 e. The van der Waals surface area contributed by atoms with E-state index in [1.165, 1.54) is 0 Å². The molecule has 6 aromatic rings. The highest BCUT2D eigenvalue weighted by Gasteiger charge is 2.46. The molecule has 7 rings (SSSR count). The SMILES string of the molecule is CC.FC(F)(F)c1ccc(-c2ccccc2N2c3ccccc3C(c3ccccc3)(c3ccccc3)c3ccccc32)cc1. The lowest BCUT2D eigenvalue weighted by atomic mass is 9.62. The van der Waals surface area contributed by atoms with Gasteiger partial charge in [-0.05, 0) is 58.1 Å². The number of fused-ring (bicyclic) bond motifs is 2. The molecule has 0 amide bonds. The molecule has 4 heteroatoms. The smallest absolute Gasteiger partial charge is 0.309 e. The molecular formula is C40H32F3N. The Morgan fingerprint density at radius 2 is 0.864 bits per heavy atom. The number of halogens is 3. The lowest BCUT2D eigenvalue weighted by Crippen LogP contribution is -2.37. The molecule has 0 aliphatic carbocycles. The van der Waals surface area contributed by atoms with Gasteiger partial charge in [-0.1, -0.05) is 141 Å². The molecule has 44 heavy (non-hydrogen) atoms. The van der Waals surface area contributed by atoms with Gasteiger partial charge in [0.05, 0.1) is 28.0 Å². The fraction of sp³-hybridized carbons (Fsp3) is 0.100. The van der Waals surface area contributed by atoms with Crippen molar-refractivity contribution in [1.29, 1.82) is 0 Å². The van der Waals surface area contributed by atoms with E-state index in [2.05, 4.69) is 89.8 Å². The Kier molecular flexibility index (Phi) is 7.84. The number of anilines is 3. The molecule has 0 spiro atoms. The molecule has 0 aromatic heterocycles. The van der Waals surface area contributed by atoms with Gasteiger partial charge in [0.25, 0.3) is 0 Å². The third-order valence-electron chi connectivity index (χ3n) is 8.18. The van der Waals surface area contributed by atoms with Gasteiger partial charge in [0.2, 0.25) is 0 Å². The standard InChI is InChI=1S/C38H26F3N.C2H6/c39-38(40,41)30-25-23-27(24-26-30)31-17-7-10-20-34(31)42-35-21-11-8-18-32(35)37(28-13-3-1-4-14-28,29-15-5-2-6-16-29)33-19-9-12-22-36(33)42;1-2/h1-26H;1-2H3. The van der Waals surface area contributed by atoms with Gasteiger partial charge in [-0.25, -0.2) is 0 Å². The van der Waals surface area contributed by atoms with Crippen molar-refractivity contribution >= 4 is 17.1 Å². The monoisotopic (exact) mass is 583 g/mol. The summed E-state index contributed by atoms with van der Waals surface area (Å²) in [5.74, 6) is 0. The molecule has 1 heterocycles. The molecule has 1 aliphatic heterocycles. The van der Waals surface area contributed by atoms with E-state index in [1.807, 2.05) is 62.4 Å². The molecule has 0 atom stereocenters. The van der Waals surface area contributed by atoms with Gasteiger partial charge in [0, 0.05) is 5.56 Å². The van der Waals surface area contributed by atoms with Gasteiger partial charge in [-0.3, -0.25) is 0 Å². The van der Waals surface area contributed by atoms with Crippen LogP contribution in [0.15, 0.2) is 158 Å². The molecule has 218 valence electrons. The fourth-order valence-electron chi connectivity index (χ4n) is 6.42. The summed E-state index contributed by atoms with van der Waals surface area (Å²) in [5, 5.41) is 0. The van der Waals surface area contributed by atoms with Crippen LogP contribution in [0, 0.1) is 0 Å². The average molecular weight is 584 g/mol. The molecule has 6 aromatic carbocycles. The van der Waals surface area contributed by atoms with E-state index in [0.29, 0.717) is 0 Å². The lowest BCUT2D eigenvalue weighted by Gasteiger charge is -2.46. The summed E-state index contributed by atoms with van der Waals surface area (Å²) in [6.07, 6.45) is -4.39. The number of hydrogen-bond acceptors (Lipinski definition) is 1. The first-order valence-electron chi connectivity index (χ1n) is 14.9. The predicted molar refractivity (Wildman–Crippen MR) is 175 cm³/mol. The Morgan fingerprint density at radius 1 is 0.455 bits per heavy atom. The highest BCUT2D eigenvalue weighted by molar-refractivity contribution is 5.94. The first-order valence-corrected chi connectivity index (χ1v) is 14.9. The normalized spacial score (nSPS) is 13.2. The number of para-hydroxylation sites is 3. The molecule has 1 aliphatic rings. The topological polar surface area (TPSA) is 3.24 Å². The highest BCUT2D eigenvalue weighted by atomic mass is 19.4.